The van der Waals surface area contributed by atoms with Gasteiger partial charge in [-0.3, -0.25) is 0 Å². The number of nitrogens with zero attached hydrogens (tertiary/aromatic N) is 1. The van der Waals surface area contributed by atoms with Crippen LogP contribution in [0.25, 0.3) is 27.7 Å². The molecular weight excluding hydrogens is 471 g/mol. The van der Waals surface area contributed by atoms with Crippen LogP contribution in [0.1, 0.15) is 40.4 Å². The molecule has 4 aromatic rings. The van der Waals surface area contributed by atoms with Crippen molar-refractivity contribution in [3.63, 3.8) is 0 Å². The number of halogens is 3. The first-order valence-corrected chi connectivity index (χ1v) is 11.3. The van der Waals surface area contributed by atoms with Gasteiger partial charge in [0.05, 0.1) is 11.1 Å². The standard InChI is InChI=1S/C27H22F3N3O3/c28-20-4-2-17(11-22(20)30)33-24-10-16(13-31)23(32)12-19(24)25(26(33)14-5-7-36-8-6-14)15-1-3-18(27(34)35)21(29)9-15/h1-4,9-14,31H,5-8,32H2,(H,34,35). The molecule has 0 bridgehead atoms. The second-order valence-corrected chi connectivity index (χ2v) is 8.72. The van der Waals surface area contributed by atoms with Gasteiger partial charge in [0.1, 0.15) is 5.82 Å². The molecule has 0 unspecified atom stereocenters. The van der Waals surface area contributed by atoms with Crippen LogP contribution >= 0.6 is 0 Å². The summed E-state index contributed by atoms with van der Waals surface area (Å²) in [6.45, 7) is 0.979. The normalized spacial score (nSPS) is 14.3. The maximum atomic E-state index is 14.8. The fourth-order valence-electron chi connectivity index (χ4n) is 4.92. The number of carbonyl (C=O) groups is 1. The SMILES string of the molecule is N=Cc1cc2c(cc1N)c(-c1ccc(C(=O)O)c(F)c1)c(C1CCOCC1)n2-c1ccc(F)c(F)c1. The number of hydrogen-bond donors (Lipinski definition) is 3. The lowest BCUT2D eigenvalue weighted by Gasteiger charge is -2.26. The van der Waals surface area contributed by atoms with E-state index in [1.807, 2.05) is 0 Å². The number of nitrogens with two attached hydrogens (primary N) is 1. The van der Waals surface area contributed by atoms with Gasteiger partial charge in [-0.25, -0.2) is 18.0 Å². The maximum Gasteiger partial charge on any atom is 0.338 e. The van der Waals surface area contributed by atoms with E-state index in [-0.39, 0.29) is 5.92 Å². The molecule has 1 fully saturated rings. The van der Waals surface area contributed by atoms with Crippen LogP contribution in [0.3, 0.4) is 0 Å². The number of nitrogen functional groups attached to an aromatic ring is 1. The van der Waals surface area contributed by atoms with Crippen molar-refractivity contribution in [1.29, 1.82) is 5.41 Å². The van der Waals surface area contributed by atoms with E-state index < -0.39 is 29.0 Å². The second kappa shape index (κ2) is 9.16. The molecule has 1 aliphatic heterocycles. The highest BCUT2D eigenvalue weighted by molar-refractivity contribution is 6.05. The van der Waals surface area contributed by atoms with Gasteiger partial charge >= 0.3 is 5.97 Å². The third-order valence-corrected chi connectivity index (χ3v) is 6.62. The highest BCUT2D eigenvalue weighted by atomic mass is 19.2. The molecular formula is C27H22F3N3O3. The van der Waals surface area contributed by atoms with Crippen molar-refractivity contribution in [2.45, 2.75) is 18.8 Å². The van der Waals surface area contributed by atoms with E-state index in [0.29, 0.717) is 65.0 Å². The zero-order valence-electron chi connectivity index (χ0n) is 19.0. The largest absolute Gasteiger partial charge is 0.478 e. The van der Waals surface area contributed by atoms with Crippen molar-refractivity contribution >= 4 is 28.8 Å². The third-order valence-electron chi connectivity index (χ3n) is 6.62. The summed E-state index contributed by atoms with van der Waals surface area (Å²) in [7, 11) is 0. The summed E-state index contributed by atoms with van der Waals surface area (Å²) in [6, 6.07) is 10.9. The molecule has 0 saturated carbocycles. The van der Waals surface area contributed by atoms with Gasteiger partial charge in [0.25, 0.3) is 0 Å². The summed E-state index contributed by atoms with van der Waals surface area (Å²) in [5.41, 5.74) is 9.21. The number of carboxylic acid groups (broad SMARTS) is 1. The fourth-order valence-corrected chi connectivity index (χ4v) is 4.92. The summed E-state index contributed by atoms with van der Waals surface area (Å²) in [4.78, 5) is 11.4. The van der Waals surface area contributed by atoms with Crippen molar-refractivity contribution in [3.05, 3.63) is 82.8 Å². The lowest BCUT2D eigenvalue weighted by molar-refractivity contribution is 0.0692. The van der Waals surface area contributed by atoms with E-state index in [0.717, 1.165) is 30.1 Å². The number of nitrogens with one attached hydrogen (secondary N) is 1. The zero-order chi connectivity index (χ0) is 25.6. The summed E-state index contributed by atoms with van der Waals surface area (Å²) in [5.74, 6) is -4.36. The monoisotopic (exact) mass is 493 g/mol. The Morgan fingerprint density at radius 2 is 1.78 bits per heavy atom. The van der Waals surface area contributed by atoms with Crippen LogP contribution in [0.2, 0.25) is 0 Å². The molecule has 0 spiro atoms. The van der Waals surface area contributed by atoms with Crippen LogP contribution in [-0.2, 0) is 4.74 Å². The van der Waals surface area contributed by atoms with Crippen molar-refractivity contribution in [3.8, 4) is 16.8 Å². The number of benzene rings is 3. The van der Waals surface area contributed by atoms with Gasteiger partial charge in [0, 0.05) is 65.0 Å². The van der Waals surface area contributed by atoms with Crippen molar-refractivity contribution in [2.75, 3.05) is 18.9 Å². The van der Waals surface area contributed by atoms with Crippen LogP contribution in [0.5, 0.6) is 0 Å². The van der Waals surface area contributed by atoms with Gasteiger partial charge in [-0.05, 0) is 54.8 Å². The molecule has 0 amide bonds. The Balaban J connectivity index is 1.91. The number of carboxylic acids is 1. The molecule has 3 aromatic carbocycles. The van der Waals surface area contributed by atoms with Crippen molar-refractivity contribution < 1.29 is 27.8 Å². The Hall–Kier alpha value is -4.11. The highest BCUT2D eigenvalue weighted by Crippen LogP contribution is 2.45. The Bertz CT molecular complexity index is 1520. The van der Waals surface area contributed by atoms with Gasteiger partial charge in [0.15, 0.2) is 11.6 Å². The van der Waals surface area contributed by atoms with Gasteiger partial charge in [-0.1, -0.05) is 6.07 Å². The number of anilines is 1. The average Bonchev–Trinajstić information content (AvgIpc) is 3.19. The molecule has 9 heteroatoms. The maximum absolute atomic E-state index is 14.8. The number of rotatable bonds is 5. The molecule has 2 heterocycles. The topological polar surface area (TPSA) is 101 Å². The molecule has 1 aliphatic rings. The van der Waals surface area contributed by atoms with Crippen molar-refractivity contribution in [2.24, 2.45) is 0 Å². The van der Waals surface area contributed by atoms with E-state index in [9.17, 15) is 23.1 Å². The van der Waals surface area contributed by atoms with E-state index in [1.165, 1.54) is 18.2 Å². The zero-order valence-corrected chi connectivity index (χ0v) is 19.0. The molecule has 0 atom stereocenters. The minimum atomic E-state index is -1.38. The summed E-state index contributed by atoms with van der Waals surface area (Å²) < 4.78 is 50.4. The number of fused-ring (bicyclic) bond motifs is 1. The van der Waals surface area contributed by atoms with E-state index in [1.54, 1.807) is 16.7 Å². The predicted octanol–water partition coefficient (Wildman–Crippen LogP) is 5.89. The first-order valence-electron chi connectivity index (χ1n) is 11.3. The minimum Gasteiger partial charge on any atom is -0.478 e. The van der Waals surface area contributed by atoms with Crippen LogP contribution < -0.4 is 5.73 Å². The Labute approximate surface area is 204 Å². The van der Waals surface area contributed by atoms with Crippen LogP contribution in [-0.4, -0.2) is 35.1 Å². The highest BCUT2D eigenvalue weighted by Gasteiger charge is 2.29. The third kappa shape index (κ3) is 3.91. The average molecular weight is 493 g/mol. The van der Waals surface area contributed by atoms with E-state index in [2.05, 4.69) is 0 Å². The first kappa shape index (κ1) is 23.6. The Kier molecular flexibility index (Phi) is 6.01. The van der Waals surface area contributed by atoms with Gasteiger partial charge in [-0.15, -0.1) is 0 Å². The molecule has 1 saturated heterocycles. The quantitative estimate of drug-likeness (QED) is 0.238. The fraction of sp³-hybridized carbons (Fsp3) is 0.185. The Morgan fingerprint density at radius 1 is 1.03 bits per heavy atom. The van der Waals surface area contributed by atoms with E-state index in [4.69, 9.17) is 15.9 Å². The molecule has 36 heavy (non-hydrogen) atoms. The smallest absolute Gasteiger partial charge is 0.338 e. The summed E-state index contributed by atoms with van der Waals surface area (Å²) in [5, 5.41) is 17.7. The second-order valence-electron chi connectivity index (χ2n) is 8.72. The van der Waals surface area contributed by atoms with Gasteiger partial charge in [-0.2, -0.15) is 0 Å². The van der Waals surface area contributed by atoms with Crippen LogP contribution in [0.15, 0.2) is 48.5 Å². The summed E-state index contributed by atoms with van der Waals surface area (Å²) >= 11 is 0. The predicted molar refractivity (Wildman–Crippen MR) is 131 cm³/mol. The number of aromatic nitrogens is 1. The number of ether oxygens (including phenoxy) is 1. The first-order chi connectivity index (χ1) is 17.3. The van der Waals surface area contributed by atoms with E-state index >= 15 is 0 Å². The Morgan fingerprint density at radius 3 is 2.42 bits per heavy atom. The van der Waals surface area contributed by atoms with Gasteiger partial charge < -0.3 is 25.6 Å². The summed E-state index contributed by atoms with van der Waals surface area (Å²) in [6.07, 6.45) is 2.37. The lowest BCUT2D eigenvalue weighted by atomic mass is 9.89. The van der Waals surface area contributed by atoms with Crippen molar-refractivity contribution in [1.82, 2.24) is 4.57 Å². The number of hydrogen-bond acceptors (Lipinski definition) is 4. The molecule has 0 radical (unpaired) electrons. The lowest BCUT2D eigenvalue weighted by Crippen LogP contribution is -2.17. The molecule has 4 N–H and O–H groups in total. The van der Waals surface area contributed by atoms with Crippen LogP contribution in [0.4, 0.5) is 18.9 Å². The molecule has 6 nitrogen and oxygen atoms in total. The molecule has 0 aliphatic carbocycles. The number of aromatic carboxylic acids is 1. The minimum absolute atomic E-state index is 0.0823. The van der Waals surface area contributed by atoms with Gasteiger partial charge in [0.2, 0.25) is 0 Å². The molecule has 5 rings (SSSR count). The molecule has 1 aromatic heterocycles. The van der Waals surface area contributed by atoms with Crippen LogP contribution in [0, 0.1) is 22.9 Å². The molecule has 184 valence electrons.